The fraction of sp³-hybridized carbons (Fsp3) is 0.333. The highest BCUT2D eigenvalue weighted by molar-refractivity contribution is 6.33. The SMILES string of the molecule is C[C@@H]1CCC/C=C\C=C\C(=O)Cc2c(Cl)c(O)cc(O)c2C(=O)O1. The van der Waals surface area contributed by atoms with Crippen molar-refractivity contribution in [2.45, 2.75) is 38.7 Å². The zero-order valence-electron chi connectivity index (χ0n) is 13.3. The topological polar surface area (TPSA) is 83.8 Å². The molecule has 0 bridgehead atoms. The number of ketones is 1. The van der Waals surface area contributed by atoms with Gasteiger partial charge in [0, 0.05) is 18.1 Å². The average molecular weight is 351 g/mol. The molecule has 0 aromatic heterocycles. The number of fused-ring (bicyclic) bond motifs is 1. The van der Waals surface area contributed by atoms with Gasteiger partial charge < -0.3 is 14.9 Å². The van der Waals surface area contributed by atoms with E-state index in [0.29, 0.717) is 6.42 Å². The third kappa shape index (κ3) is 4.38. The third-order valence-corrected chi connectivity index (χ3v) is 4.12. The molecule has 128 valence electrons. The van der Waals surface area contributed by atoms with Gasteiger partial charge in [0.2, 0.25) is 0 Å². The van der Waals surface area contributed by atoms with Crippen molar-refractivity contribution >= 4 is 23.4 Å². The van der Waals surface area contributed by atoms with E-state index >= 15 is 0 Å². The molecular weight excluding hydrogens is 332 g/mol. The van der Waals surface area contributed by atoms with Crippen LogP contribution in [0.2, 0.25) is 5.02 Å². The quantitative estimate of drug-likeness (QED) is 0.697. The molecule has 1 aromatic rings. The number of esters is 1. The number of allylic oxidation sites excluding steroid dienone is 4. The second kappa shape index (κ2) is 8.02. The molecule has 1 aromatic carbocycles. The fourth-order valence-corrected chi connectivity index (χ4v) is 2.69. The maximum absolute atomic E-state index is 12.4. The van der Waals surface area contributed by atoms with Crippen LogP contribution in [-0.2, 0) is 16.0 Å². The van der Waals surface area contributed by atoms with Gasteiger partial charge in [0.15, 0.2) is 5.78 Å². The molecule has 0 unspecified atom stereocenters. The first-order valence-electron chi connectivity index (χ1n) is 7.70. The number of hydrogen-bond acceptors (Lipinski definition) is 5. The molecule has 24 heavy (non-hydrogen) atoms. The van der Waals surface area contributed by atoms with E-state index in [-0.39, 0.29) is 34.5 Å². The third-order valence-electron chi connectivity index (χ3n) is 3.70. The zero-order chi connectivity index (χ0) is 17.7. The highest BCUT2D eigenvalue weighted by atomic mass is 35.5. The standard InChI is InChI=1S/C18H19ClO5/c1-11-7-5-3-2-4-6-8-12(20)9-13-16(18(23)24-11)14(21)10-15(22)17(13)19/h2,4,6,8,10-11,21-22H,3,5,7,9H2,1H3/b4-2-,8-6+/t11-/m1/s1. The summed E-state index contributed by atoms with van der Waals surface area (Å²) in [6.07, 6.45) is 8.41. The lowest BCUT2D eigenvalue weighted by Gasteiger charge is -2.17. The van der Waals surface area contributed by atoms with Crippen molar-refractivity contribution in [1.82, 2.24) is 0 Å². The second-order valence-corrected chi connectivity index (χ2v) is 6.04. The molecule has 1 atom stereocenters. The Balaban J connectivity index is 2.49. The lowest BCUT2D eigenvalue weighted by molar-refractivity contribution is -0.114. The lowest BCUT2D eigenvalue weighted by atomic mass is 10.00. The Kier molecular flexibility index (Phi) is 6.04. The van der Waals surface area contributed by atoms with Crippen LogP contribution in [0.25, 0.3) is 0 Å². The predicted octanol–water partition coefficient (Wildman–Crippen LogP) is 3.70. The Morgan fingerprint density at radius 3 is 2.71 bits per heavy atom. The zero-order valence-corrected chi connectivity index (χ0v) is 14.0. The molecule has 5 nitrogen and oxygen atoms in total. The predicted molar refractivity (Wildman–Crippen MR) is 90.5 cm³/mol. The van der Waals surface area contributed by atoms with Gasteiger partial charge in [0.1, 0.15) is 17.1 Å². The highest BCUT2D eigenvalue weighted by Gasteiger charge is 2.25. The normalized spacial score (nSPS) is 22.2. The monoisotopic (exact) mass is 350 g/mol. The Morgan fingerprint density at radius 2 is 1.96 bits per heavy atom. The second-order valence-electron chi connectivity index (χ2n) is 5.66. The summed E-state index contributed by atoms with van der Waals surface area (Å²) in [5, 5.41) is 19.7. The number of rotatable bonds is 0. The molecule has 0 aliphatic carbocycles. The van der Waals surface area contributed by atoms with Crippen LogP contribution in [0.5, 0.6) is 11.5 Å². The minimum atomic E-state index is -0.763. The van der Waals surface area contributed by atoms with Crippen molar-refractivity contribution in [2.24, 2.45) is 0 Å². The van der Waals surface area contributed by atoms with Crippen LogP contribution in [0.4, 0.5) is 0 Å². The van der Waals surface area contributed by atoms with E-state index in [1.165, 1.54) is 6.08 Å². The summed E-state index contributed by atoms with van der Waals surface area (Å²) in [6, 6.07) is 0.972. The summed E-state index contributed by atoms with van der Waals surface area (Å²) in [6.45, 7) is 1.76. The molecule has 0 fully saturated rings. The van der Waals surface area contributed by atoms with Gasteiger partial charge in [0.05, 0.1) is 11.1 Å². The van der Waals surface area contributed by atoms with Crippen molar-refractivity contribution in [3.63, 3.8) is 0 Å². The van der Waals surface area contributed by atoms with Gasteiger partial charge in [-0.15, -0.1) is 0 Å². The van der Waals surface area contributed by atoms with E-state index in [4.69, 9.17) is 16.3 Å². The molecule has 6 heteroatoms. The van der Waals surface area contributed by atoms with Crippen LogP contribution < -0.4 is 0 Å². The average Bonchev–Trinajstić information content (AvgIpc) is 2.50. The van der Waals surface area contributed by atoms with Crippen LogP contribution >= 0.6 is 11.6 Å². The molecule has 0 saturated heterocycles. The number of carbonyl (C=O) groups is 2. The van der Waals surface area contributed by atoms with E-state index in [0.717, 1.165) is 18.9 Å². The first kappa shape index (κ1) is 18.1. The Labute approximate surface area is 145 Å². The molecule has 0 radical (unpaired) electrons. The van der Waals surface area contributed by atoms with Crippen LogP contribution in [0.3, 0.4) is 0 Å². The Hall–Kier alpha value is -2.27. The van der Waals surface area contributed by atoms with Crippen molar-refractivity contribution < 1.29 is 24.5 Å². The Bertz CT molecular complexity index is 706. The van der Waals surface area contributed by atoms with Gasteiger partial charge in [-0.3, -0.25) is 4.79 Å². The van der Waals surface area contributed by atoms with E-state index in [1.807, 2.05) is 6.08 Å². The van der Waals surface area contributed by atoms with Crippen molar-refractivity contribution in [2.75, 3.05) is 0 Å². The van der Waals surface area contributed by atoms with Crippen LogP contribution in [0.1, 0.15) is 42.1 Å². The van der Waals surface area contributed by atoms with Crippen LogP contribution in [-0.4, -0.2) is 28.1 Å². The Morgan fingerprint density at radius 1 is 1.21 bits per heavy atom. The summed E-state index contributed by atoms with van der Waals surface area (Å²) in [7, 11) is 0. The number of ether oxygens (including phenoxy) is 1. The molecule has 2 rings (SSSR count). The highest BCUT2D eigenvalue weighted by Crippen LogP contribution is 2.37. The summed E-state index contributed by atoms with van der Waals surface area (Å²) >= 11 is 6.04. The maximum atomic E-state index is 12.4. The summed E-state index contributed by atoms with van der Waals surface area (Å²) in [5.74, 6) is -1.94. The molecule has 1 heterocycles. The first-order valence-corrected chi connectivity index (χ1v) is 8.08. The minimum absolute atomic E-state index is 0.0575. The number of aromatic hydroxyl groups is 2. The summed E-state index contributed by atoms with van der Waals surface area (Å²) < 4.78 is 5.34. The van der Waals surface area contributed by atoms with Gasteiger partial charge in [-0.2, -0.15) is 0 Å². The number of phenolic OH excluding ortho intramolecular Hbond substituents is 2. The molecule has 1 aliphatic rings. The largest absolute Gasteiger partial charge is 0.507 e. The van der Waals surface area contributed by atoms with E-state index in [1.54, 1.807) is 19.1 Å². The molecule has 0 spiro atoms. The summed E-state index contributed by atoms with van der Waals surface area (Å²) in [5.41, 5.74) is -0.124. The van der Waals surface area contributed by atoms with Crippen LogP contribution in [0, 0.1) is 0 Å². The van der Waals surface area contributed by atoms with Crippen LogP contribution in [0.15, 0.2) is 30.4 Å². The van der Waals surface area contributed by atoms with E-state index < -0.39 is 17.5 Å². The molecule has 0 amide bonds. The smallest absolute Gasteiger partial charge is 0.342 e. The summed E-state index contributed by atoms with van der Waals surface area (Å²) in [4.78, 5) is 24.5. The van der Waals surface area contributed by atoms with Crippen molar-refractivity contribution in [3.8, 4) is 11.5 Å². The molecule has 0 saturated carbocycles. The fourth-order valence-electron chi connectivity index (χ4n) is 2.47. The van der Waals surface area contributed by atoms with Gasteiger partial charge in [-0.05, 0) is 32.3 Å². The number of halogens is 1. The first-order chi connectivity index (χ1) is 11.4. The molecule has 2 N–H and O–H groups in total. The number of cyclic esters (lactones) is 1. The van der Waals surface area contributed by atoms with Gasteiger partial charge in [0.25, 0.3) is 0 Å². The van der Waals surface area contributed by atoms with Gasteiger partial charge in [-0.1, -0.05) is 29.8 Å². The maximum Gasteiger partial charge on any atom is 0.342 e. The molecule has 1 aliphatic heterocycles. The minimum Gasteiger partial charge on any atom is -0.507 e. The lowest BCUT2D eigenvalue weighted by Crippen LogP contribution is -2.18. The number of hydrogen-bond donors (Lipinski definition) is 2. The van der Waals surface area contributed by atoms with Gasteiger partial charge in [-0.25, -0.2) is 4.79 Å². The van der Waals surface area contributed by atoms with Crippen molar-refractivity contribution in [1.29, 1.82) is 0 Å². The van der Waals surface area contributed by atoms with Crippen molar-refractivity contribution in [3.05, 3.63) is 46.5 Å². The number of benzene rings is 1. The number of carbonyl (C=O) groups excluding carboxylic acids is 2. The van der Waals surface area contributed by atoms with E-state index in [2.05, 4.69) is 0 Å². The number of phenols is 2. The van der Waals surface area contributed by atoms with Gasteiger partial charge >= 0.3 is 5.97 Å². The van der Waals surface area contributed by atoms with E-state index in [9.17, 15) is 19.8 Å². The molecular formula is C18H19ClO5.